The molecule has 3 nitrogen and oxygen atoms in total. The summed E-state index contributed by atoms with van der Waals surface area (Å²) in [6.07, 6.45) is 2.06. The number of rotatable bonds is 4. The normalized spacial score (nSPS) is 19.1. The lowest BCUT2D eigenvalue weighted by Crippen LogP contribution is -2.34. The number of carbonyl (C=O) groups excluding carboxylic acids is 2. The van der Waals surface area contributed by atoms with Gasteiger partial charge in [-0.3, -0.25) is 9.59 Å². The first kappa shape index (κ1) is 19.1. The SMILES string of the molecule is CCOC(=O)[C@@H]1C(=O)C=C(c2ccc3ccccc3c2)C[C@@H]1c1ccc(F)cc1. The maximum absolute atomic E-state index is 13.4. The van der Waals surface area contributed by atoms with Gasteiger partial charge in [-0.2, -0.15) is 0 Å². The Labute approximate surface area is 168 Å². The lowest BCUT2D eigenvalue weighted by Gasteiger charge is -2.29. The summed E-state index contributed by atoms with van der Waals surface area (Å²) in [5.41, 5.74) is 2.58. The summed E-state index contributed by atoms with van der Waals surface area (Å²) in [4.78, 5) is 25.5. The second-order valence-corrected chi connectivity index (χ2v) is 7.23. The van der Waals surface area contributed by atoms with Crippen LogP contribution >= 0.6 is 0 Å². The highest BCUT2D eigenvalue weighted by Gasteiger charge is 2.39. The maximum Gasteiger partial charge on any atom is 0.317 e. The minimum atomic E-state index is -0.912. The van der Waals surface area contributed by atoms with Gasteiger partial charge in [0.1, 0.15) is 11.7 Å². The first-order valence-electron chi connectivity index (χ1n) is 9.72. The van der Waals surface area contributed by atoms with Crippen LogP contribution in [0.2, 0.25) is 0 Å². The number of fused-ring (bicyclic) bond motifs is 1. The van der Waals surface area contributed by atoms with Crippen molar-refractivity contribution in [3.63, 3.8) is 0 Å². The van der Waals surface area contributed by atoms with E-state index in [2.05, 4.69) is 6.07 Å². The molecule has 3 aromatic carbocycles. The summed E-state index contributed by atoms with van der Waals surface area (Å²) in [6, 6.07) is 20.1. The number of allylic oxidation sites excluding steroid dienone is 2. The molecule has 0 radical (unpaired) electrons. The van der Waals surface area contributed by atoms with Crippen molar-refractivity contribution in [3.05, 3.63) is 89.8 Å². The molecule has 146 valence electrons. The molecule has 1 aliphatic rings. The van der Waals surface area contributed by atoms with E-state index in [0.29, 0.717) is 6.42 Å². The Morgan fingerprint density at radius 1 is 1.03 bits per heavy atom. The van der Waals surface area contributed by atoms with E-state index in [4.69, 9.17) is 4.74 Å². The number of hydrogen-bond donors (Lipinski definition) is 0. The van der Waals surface area contributed by atoms with Crippen LogP contribution in [0.25, 0.3) is 16.3 Å². The molecule has 0 saturated heterocycles. The number of carbonyl (C=O) groups is 2. The van der Waals surface area contributed by atoms with Crippen LogP contribution in [0.15, 0.2) is 72.8 Å². The predicted molar refractivity (Wildman–Crippen MR) is 111 cm³/mol. The van der Waals surface area contributed by atoms with Crippen LogP contribution in [-0.2, 0) is 14.3 Å². The van der Waals surface area contributed by atoms with E-state index in [9.17, 15) is 14.0 Å². The summed E-state index contributed by atoms with van der Waals surface area (Å²) >= 11 is 0. The van der Waals surface area contributed by atoms with Crippen molar-refractivity contribution in [1.82, 2.24) is 0 Å². The fourth-order valence-electron chi connectivity index (χ4n) is 4.00. The quantitative estimate of drug-likeness (QED) is 0.450. The molecule has 4 rings (SSSR count). The number of benzene rings is 3. The molecule has 0 spiro atoms. The van der Waals surface area contributed by atoms with Crippen molar-refractivity contribution in [1.29, 1.82) is 0 Å². The molecule has 0 fully saturated rings. The molecule has 0 bridgehead atoms. The van der Waals surface area contributed by atoms with Crippen molar-refractivity contribution in [2.45, 2.75) is 19.3 Å². The van der Waals surface area contributed by atoms with Crippen molar-refractivity contribution in [3.8, 4) is 0 Å². The lowest BCUT2D eigenvalue weighted by atomic mass is 9.73. The molecule has 0 amide bonds. The summed E-state index contributed by atoms with van der Waals surface area (Å²) in [5, 5.41) is 2.21. The molecule has 0 aromatic heterocycles. The predicted octanol–water partition coefficient (Wildman–Crippen LogP) is 5.30. The van der Waals surface area contributed by atoms with E-state index in [-0.39, 0.29) is 18.2 Å². The van der Waals surface area contributed by atoms with E-state index in [1.54, 1.807) is 25.1 Å². The molecule has 0 heterocycles. The van der Waals surface area contributed by atoms with Gasteiger partial charge in [0.2, 0.25) is 0 Å². The monoisotopic (exact) mass is 388 g/mol. The van der Waals surface area contributed by atoms with Crippen molar-refractivity contribution >= 4 is 28.1 Å². The average molecular weight is 388 g/mol. The second kappa shape index (κ2) is 8.00. The Hall–Kier alpha value is -3.27. The largest absolute Gasteiger partial charge is 0.465 e. The molecule has 0 N–H and O–H groups in total. The molecule has 3 aromatic rings. The third-order valence-electron chi connectivity index (χ3n) is 5.42. The summed E-state index contributed by atoms with van der Waals surface area (Å²) < 4.78 is 18.6. The van der Waals surface area contributed by atoms with Gasteiger partial charge < -0.3 is 4.74 Å². The third kappa shape index (κ3) is 3.83. The molecule has 0 saturated carbocycles. The zero-order chi connectivity index (χ0) is 20.4. The first-order chi connectivity index (χ1) is 14.1. The fourth-order valence-corrected chi connectivity index (χ4v) is 4.00. The standard InChI is InChI=1S/C25H21FO3/c1-2-29-25(28)24-22(17-9-11-21(26)12-10-17)14-20(15-23(24)27)19-8-7-16-5-3-4-6-18(16)13-19/h3-13,15,22,24H,2,14H2,1H3/t22-,24+/m1/s1. The van der Waals surface area contributed by atoms with Crippen LogP contribution in [-0.4, -0.2) is 18.4 Å². The molecular formula is C25H21FO3. The van der Waals surface area contributed by atoms with Crippen LogP contribution in [0.3, 0.4) is 0 Å². The number of ketones is 1. The van der Waals surface area contributed by atoms with Gasteiger partial charge in [-0.15, -0.1) is 0 Å². The van der Waals surface area contributed by atoms with E-state index < -0.39 is 17.8 Å². The second-order valence-electron chi connectivity index (χ2n) is 7.23. The minimum Gasteiger partial charge on any atom is -0.465 e. The van der Waals surface area contributed by atoms with Gasteiger partial charge in [-0.1, -0.05) is 48.5 Å². The Balaban J connectivity index is 1.76. The van der Waals surface area contributed by atoms with Crippen molar-refractivity contribution < 1.29 is 18.7 Å². The maximum atomic E-state index is 13.4. The van der Waals surface area contributed by atoms with Crippen molar-refractivity contribution in [2.24, 2.45) is 5.92 Å². The van der Waals surface area contributed by atoms with Crippen LogP contribution in [0.1, 0.15) is 30.4 Å². The number of hydrogen-bond acceptors (Lipinski definition) is 3. The van der Waals surface area contributed by atoms with Gasteiger partial charge in [0, 0.05) is 5.92 Å². The summed E-state index contributed by atoms with van der Waals surface area (Å²) in [7, 11) is 0. The summed E-state index contributed by atoms with van der Waals surface area (Å²) in [6.45, 7) is 1.93. The third-order valence-corrected chi connectivity index (χ3v) is 5.42. The minimum absolute atomic E-state index is 0.208. The van der Waals surface area contributed by atoms with Gasteiger partial charge in [-0.25, -0.2) is 4.39 Å². The summed E-state index contributed by atoms with van der Waals surface area (Å²) in [5.74, 6) is -2.46. The Bertz CT molecular complexity index is 1100. The van der Waals surface area contributed by atoms with Gasteiger partial charge in [0.05, 0.1) is 6.61 Å². The van der Waals surface area contributed by atoms with E-state index >= 15 is 0 Å². The zero-order valence-corrected chi connectivity index (χ0v) is 16.1. The fraction of sp³-hybridized carbons (Fsp3) is 0.200. The highest BCUT2D eigenvalue weighted by molar-refractivity contribution is 6.11. The van der Waals surface area contributed by atoms with Gasteiger partial charge in [0.25, 0.3) is 0 Å². The zero-order valence-electron chi connectivity index (χ0n) is 16.1. The van der Waals surface area contributed by atoms with Crippen LogP contribution < -0.4 is 0 Å². The Morgan fingerprint density at radius 3 is 2.48 bits per heavy atom. The molecule has 2 atom stereocenters. The number of esters is 1. The smallest absolute Gasteiger partial charge is 0.317 e. The molecule has 4 heteroatoms. The first-order valence-corrected chi connectivity index (χ1v) is 9.72. The molecule has 1 aliphatic carbocycles. The molecule has 0 aliphatic heterocycles. The Morgan fingerprint density at radius 2 is 1.76 bits per heavy atom. The topological polar surface area (TPSA) is 43.4 Å². The highest BCUT2D eigenvalue weighted by atomic mass is 19.1. The highest BCUT2D eigenvalue weighted by Crippen LogP contribution is 2.40. The van der Waals surface area contributed by atoms with Crippen molar-refractivity contribution in [2.75, 3.05) is 6.61 Å². The van der Waals surface area contributed by atoms with E-state index in [0.717, 1.165) is 27.5 Å². The average Bonchev–Trinajstić information content (AvgIpc) is 2.73. The Kier molecular flexibility index (Phi) is 5.26. The molecule has 29 heavy (non-hydrogen) atoms. The van der Waals surface area contributed by atoms with Gasteiger partial charge in [0.15, 0.2) is 5.78 Å². The van der Waals surface area contributed by atoms with E-state index in [1.165, 1.54) is 12.1 Å². The van der Waals surface area contributed by atoms with Crippen LogP contribution in [0.5, 0.6) is 0 Å². The van der Waals surface area contributed by atoms with Gasteiger partial charge in [-0.05, 0) is 65.1 Å². The van der Waals surface area contributed by atoms with Crippen LogP contribution in [0, 0.1) is 11.7 Å². The van der Waals surface area contributed by atoms with E-state index in [1.807, 2.05) is 36.4 Å². The number of ether oxygens (including phenoxy) is 1. The lowest BCUT2D eigenvalue weighted by molar-refractivity contribution is -0.151. The van der Waals surface area contributed by atoms with Crippen LogP contribution in [0.4, 0.5) is 4.39 Å². The number of halogens is 1. The molecular weight excluding hydrogens is 367 g/mol. The molecule has 0 unspecified atom stereocenters. The van der Waals surface area contributed by atoms with Gasteiger partial charge >= 0.3 is 5.97 Å².